The molecule has 0 spiro atoms. The van der Waals surface area contributed by atoms with Gasteiger partial charge in [-0.1, -0.05) is 12.1 Å². The van der Waals surface area contributed by atoms with Crippen molar-refractivity contribution < 1.29 is 19.8 Å². The molecule has 0 saturated carbocycles. The van der Waals surface area contributed by atoms with Crippen LogP contribution in [0, 0.1) is 0 Å². The third-order valence-electron chi connectivity index (χ3n) is 2.33. The normalized spacial score (nSPS) is 11.8. The van der Waals surface area contributed by atoms with E-state index in [-0.39, 0.29) is 24.5 Å². The molecule has 0 aliphatic heterocycles. The number of phenolic OH excluding ortho intramolecular Hbond substituents is 1. The molecule has 1 atom stereocenters. The van der Waals surface area contributed by atoms with Gasteiger partial charge in [-0.2, -0.15) is 0 Å². The maximum Gasteiger partial charge on any atom is 0.326 e. The second-order valence-electron chi connectivity index (χ2n) is 3.77. The zero-order valence-corrected chi connectivity index (χ0v) is 10.4. The number of nitrogens with one attached hydrogen (secondary N) is 1. The monoisotopic (exact) mass is 271 g/mol. The lowest BCUT2D eigenvalue weighted by molar-refractivity contribution is -0.141. The predicted octanol–water partition coefficient (Wildman–Crippen LogP) is 1.13. The molecule has 0 saturated heterocycles. The average molecular weight is 272 g/mol. The fourth-order valence-electron chi connectivity index (χ4n) is 1.42. The first-order valence-corrected chi connectivity index (χ1v) is 5.92. The van der Waals surface area contributed by atoms with Crippen LogP contribution in [0.15, 0.2) is 24.3 Å². The Bertz CT molecular complexity index is 419. The molecule has 0 aromatic heterocycles. The van der Waals surface area contributed by atoms with Crippen LogP contribution in [0.4, 0.5) is 0 Å². The van der Waals surface area contributed by atoms with Gasteiger partial charge in [0.2, 0.25) is 5.91 Å². The van der Waals surface area contributed by atoms with Crippen LogP contribution in [0.1, 0.15) is 12.0 Å². The number of carbonyl (C=O) groups is 2. The number of carboxylic acid groups (broad SMARTS) is 1. The first-order valence-electron chi connectivity index (χ1n) is 5.39. The van der Waals surface area contributed by atoms with Crippen LogP contribution in [0.25, 0.3) is 0 Å². The van der Waals surface area contributed by atoms with Crippen molar-refractivity contribution in [3.05, 3.63) is 29.8 Å². The number of carboxylic acids is 1. The highest BCUT2D eigenvalue weighted by atomic mass is 35.5. The van der Waals surface area contributed by atoms with Gasteiger partial charge in [-0.3, -0.25) is 4.79 Å². The lowest BCUT2D eigenvalue weighted by Gasteiger charge is -2.14. The van der Waals surface area contributed by atoms with Crippen LogP contribution >= 0.6 is 11.6 Å². The fraction of sp³-hybridized carbons (Fsp3) is 0.333. The van der Waals surface area contributed by atoms with Crippen molar-refractivity contribution in [1.82, 2.24) is 5.32 Å². The summed E-state index contributed by atoms with van der Waals surface area (Å²) in [5.74, 6) is -1.24. The molecule has 0 aliphatic carbocycles. The number of phenols is 1. The number of carbonyl (C=O) groups excluding carboxylic acids is 1. The van der Waals surface area contributed by atoms with Crippen LogP contribution in [-0.2, 0) is 16.0 Å². The SMILES string of the molecule is O=C(CCCl)N[C@@H](Cc1ccc(O)cc1)C(=O)O. The van der Waals surface area contributed by atoms with Crippen LogP contribution in [-0.4, -0.2) is 34.0 Å². The third-order valence-corrected chi connectivity index (χ3v) is 2.52. The van der Waals surface area contributed by atoms with Gasteiger partial charge < -0.3 is 15.5 Å². The average Bonchev–Trinajstić information content (AvgIpc) is 2.31. The number of aliphatic carboxylic acids is 1. The molecule has 0 aliphatic rings. The molecule has 0 radical (unpaired) electrons. The highest BCUT2D eigenvalue weighted by molar-refractivity contribution is 6.18. The molecule has 1 amide bonds. The largest absolute Gasteiger partial charge is 0.508 e. The summed E-state index contributed by atoms with van der Waals surface area (Å²) in [5, 5.41) is 20.5. The molecular formula is C12H14ClNO4. The molecule has 0 fully saturated rings. The van der Waals surface area contributed by atoms with Crippen LogP contribution in [0.3, 0.4) is 0 Å². The Morgan fingerprint density at radius 2 is 1.89 bits per heavy atom. The van der Waals surface area contributed by atoms with Crippen molar-refractivity contribution in [2.75, 3.05) is 5.88 Å². The molecule has 0 bridgehead atoms. The molecule has 5 nitrogen and oxygen atoms in total. The number of alkyl halides is 1. The molecule has 3 N–H and O–H groups in total. The van der Waals surface area contributed by atoms with Crippen LogP contribution < -0.4 is 5.32 Å². The van der Waals surface area contributed by atoms with E-state index in [4.69, 9.17) is 21.8 Å². The lowest BCUT2D eigenvalue weighted by Crippen LogP contribution is -2.42. The maximum absolute atomic E-state index is 11.3. The Morgan fingerprint density at radius 1 is 1.28 bits per heavy atom. The zero-order valence-electron chi connectivity index (χ0n) is 9.60. The number of benzene rings is 1. The van der Waals surface area contributed by atoms with Crippen molar-refractivity contribution in [1.29, 1.82) is 0 Å². The van der Waals surface area contributed by atoms with Gasteiger partial charge in [-0.05, 0) is 17.7 Å². The summed E-state index contributed by atoms with van der Waals surface area (Å²) in [4.78, 5) is 22.3. The van der Waals surface area contributed by atoms with E-state index in [1.165, 1.54) is 12.1 Å². The zero-order chi connectivity index (χ0) is 13.5. The smallest absolute Gasteiger partial charge is 0.326 e. The van der Waals surface area contributed by atoms with Gasteiger partial charge in [0.15, 0.2) is 0 Å². The minimum Gasteiger partial charge on any atom is -0.508 e. The van der Waals surface area contributed by atoms with Gasteiger partial charge in [-0.25, -0.2) is 4.79 Å². The van der Waals surface area contributed by atoms with Crippen molar-refractivity contribution in [2.45, 2.75) is 18.9 Å². The van der Waals surface area contributed by atoms with Crippen LogP contribution in [0.2, 0.25) is 0 Å². The van der Waals surface area contributed by atoms with E-state index in [0.717, 1.165) is 0 Å². The van der Waals surface area contributed by atoms with E-state index in [1.807, 2.05) is 0 Å². The lowest BCUT2D eigenvalue weighted by atomic mass is 10.1. The summed E-state index contributed by atoms with van der Waals surface area (Å²) in [6.45, 7) is 0. The molecule has 0 heterocycles. The van der Waals surface area contributed by atoms with E-state index in [0.29, 0.717) is 5.56 Å². The number of hydrogen-bond acceptors (Lipinski definition) is 3. The van der Waals surface area contributed by atoms with E-state index < -0.39 is 17.9 Å². The minimum atomic E-state index is -1.11. The van der Waals surface area contributed by atoms with Crippen molar-refractivity contribution >= 4 is 23.5 Å². The standard InChI is InChI=1S/C12H14ClNO4/c13-6-5-11(16)14-10(12(17)18)7-8-1-3-9(15)4-2-8/h1-4,10,15H,5-7H2,(H,14,16)(H,17,18)/t10-/m0/s1. The number of aromatic hydroxyl groups is 1. The van der Waals surface area contributed by atoms with Crippen molar-refractivity contribution in [3.63, 3.8) is 0 Å². The summed E-state index contributed by atoms with van der Waals surface area (Å²) < 4.78 is 0. The second-order valence-corrected chi connectivity index (χ2v) is 4.15. The van der Waals surface area contributed by atoms with Gasteiger partial charge in [0, 0.05) is 18.7 Å². The van der Waals surface area contributed by atoms with E-state index in [1.54, 1.807) is 12.1 Å². The summed E-state index contributed by atoms with van der Waals surface area (Å²) in [6.07, 6.45) is 0.241. The third kappa shape index (κ3) is 4.63. The van der Waals surface area contributed by atoms with Gasteiger partial charge in [0.25, 0.3) is 0 Å². The molecule has 1 aromatic rings. The Balaban J connectivity index is 2.65. The first kappa shape index (κ1) is 14.3. The number of hydrogen-bond donors (Lipinski definition) is 3. The molecule has 6 heteroatoms. The summed E-state index contributed by atoms with van der Waals surface area (Å²) in [7, 11) is 0. The predicted molar refractivity (Wildman–Crippen MR) is 66.7 cm³/mol. The quantitative estimate of drug-likeness (QED) is 0.677. The number of amides is 1. The Kier molecular flexibility index (Phi) is 5.45. The Hall–Kier alpha value is -1.75. The second kappa shape index (κ2) is 6.86. The van der Waals surface area contributed by atoms with Crippen molar-refractivity contribution in [3.8, 4) is 5.75 Å². The first-order chi connectivity index (χ1) is 8.52. The molecular weight excluding hydrogens is 258 g/mol. The molecule has 98 valence electrons. The van der Waals surface area contributed by atoms with Gasteiger partial charge in [-0.15, -0.1) is 11.6 Å². The van der Waals surface area contributed by atoms with E-state index in [2.05, 4.69) is 5.32 Å². The van der Waals surface area contributed by atoms with Gasteiger partial charge in [0.1, 0.15) is 11.8 Å². The van der Waals surface area contributed by atoms with Crippen molar-refractivity contribution in [2.24, 2.45) is 0 Å². The number of rotatable bonds is 6. The molecule has 18 heavy (non-hydrogen) atoms. The van der Waals surface area contributed by atoms with Gasteiger partial charge in [0.05, 0.1) is 0 Å². The summed E-state index contributed by atoms with van der Waals surface area (Å²) in [5.41, 5.74) is 0.714. The van der Waals surface area contributed by atoms with E-state index in [9.17, 15) is 9.59 Å². The minimum absolute atomic E-state index is 0.0842. The maximum atomic E-state index is 11.3. The number of halogens is 1. The molecule has 1 aromatic carbocycles. The van der Waals surface area contributed by atoms with Gasteiger partial charge >= 0.3 is 5.97 Å². The summed E-state index contributed by atoms with van der Waals surface area (Å²) >= 11 is 5.40. The van der Waals surface area contributed by atoms with E-state index >= 15 is 0 Å². The topological polar surface area (TPSA) is 86.6 Å². The molecule has 1 rings (SSSR count). The highest BCUT2D eigenvalue weighted by Crippen LogP contribution is 2.11. The molecule has 0 unspecified atom stereocenters. The van der Waals surface area contributed by atoms with Crippen LogP contribution in [0.5, 0.6) is 5.75 Å². The Labute approximate surface area is 109 Å². The Morgan fingerprint density at radius 3 is 2.39 bits per heavy atom. The summed E-state index contributed by atoms with van der Waals surface area (Å²) in [6, 6.07) is 5.16. The highest BCUT2D eigenvalue weighted by Gasteiger charge is 2.19. The fourth-order valence-corrected chi connectivity index (χ4v) is 1.59.